The molecule has 0 aromatic heterocycles. The van der Waals surface area contributed by atoms with Crippen LogP contribution < -0.4 is 16.6 Å². The Morgan fingerprint density at radius 1 is 1.38 bits per heavy atom. The van der Waals surface area contributed by atoms with Crippen molar-refractivity contribution in [2.75, 3.05) is 6.54 Å². The van der Waals surface area contributed by atoms with E-state index in [4.69, 9.17) is 5.84 Å². The van der Waals surface area contributed by atoms with Crippen LogP contribution in [0.2, 0.25) is 0 Å². The summed E-state index contributed by atoms with van der Waals surface area (Å²) in [5.41, 5.74) is 1.93. The van der Waals surface area contributed by atoms with Crippen LogP contribution in [0, 0.1) is 5.92 Å². The highest BCUT2D eigenvalue weighted by atomic mass is 16.2. The zero-order valence-corrected chi connectivity index (χ0v) is 8.09. The predicted octanol–water partition coefficient (Wildman–Crippen LogP) is -0.471. The highest BCUT2D eigenvalue weighted by Gasteiger charge is 2.07. The molecule has 13 heavy (non-hydrogen) atoms. The van der Waals surface area contributed by atoms with Gasteiger partial charge in [0.2, 0.25) is 5.91 Å². The van der Waals surface area contributed by atoms with Crippen molar-refractivity contribution in [1.29, 1.82) is 0 Å². The lowest BCUT2D eigenvalue weighted by atomic mass is 10.1. The fourth-order valence-corrected chi connectivity index (χ4v) is 0.763. The summed E-state index contributed by atoms with van der Waals surface area (Å²) in [6.07, 6.45) is 1.41. The molecular weight excluding hydrogens is 170 g/mol. The monoisotopic (exact) mass is 187 g/mol. The van der Waals surface area contributed by atoms with Crippen LogP contribution in [0.15, 0.2) is 0 Å². The van der Waals surface area contributed by atoms with Crippen molar-refractivity contribution in [1.82, 2.24) is 10.7 Å². The van der Waals surface area contributed by atoms with Crippen molar-refractivity contribution < 1.29 is 9.59 Å². The second-order valence-electron chi connectivity index (χ2n) is 3.06. The smallest absolute Gasteiger partial charge is 0.253 e. The third kappa shape index (κ3) is 6.10. The summed E-state index contributed by atoms with van der Waals surface area (Å²) in [7, 11) is 0. The molecule has 0 saturated carbocycles. The number of nitrogens with two attached hydrogens (primary N) is 1. The molecule has 0 heterocycles. The van der Waals surface area contributed by atoms with Crippen LogP contribution >= 0.6 is 0 Å². The maximum atomic E-state index is 11.1. The predicted molar refractivity (Wildman–Crippen MR) is 49.4 cm³/mol. The van der Waals surface area contributed by atoms with E-state index in [2.05, 4.69) is 5.32 Å². The second-order valence-corrected chi connectivity index (χ2v) is 3.06. The topological polar surface area (TPSA) is 84.2 Å². The van der Waals surface area contributed by atoms with Crippen molar-refractivity contribution >= 4 is 11.8 Å². The first-order chi connectivity index (χ1) is 6.10. The summed E-state index contributed by atoms with van der Waals surface area (Å²) < 4.78 is 0. The van der Waals surface area contributed by atoms with Crippen LogP contribution in [0.5, 0.6) is 0 Å². The fraction of sp³-hybridized carbons (Fsp3) is 0.750. The molecule has 2 amide bonds. The molecule has 0 aliphatic carbocycles. The normalized spacial score (nSPS) is 11.9. The van der Waals surface area contributed by atoms with Crippen LogP contribution in [-0.4, -0.2) is 18.4 Å². The van der Waals surface area contributed by atoms with Gasteiger partial charge >= 0.3 is 0 Å². The first kappa shape index (κ1) is 11.9. The van der Waals surface area contributed by atoms with Crippen molar-refractivity contribution in [2.45, 2.75) is 26.7 Å². The van der Waals surface area contributed by atoms with Crippen LogP contribution in [-0.2, 0) is 9.59 Å². The van der Waals surface area contributed by atoms with Gasteiger partial charge in [-0.3, -0.25) is 15.0 Å². The molecule has 0 aliphatic heterocycles. The van der Waals surface area contributed by atoms with Gasteiger partial charge in [0.05, 0.1) is 6.54 Å². The quantitative estimate of drug-likeness (QED) is 0.309. The molecule has 0 fully saturated rings. The number of hydrogen-bond donors (Lipinski definition) is 3. The first-order valence-corrected chi connectivity index (χ1v) is 4.36. The van der Waals surface area contributed by atoms with Gasteiger partial charge in [0, 0.05) is 6.42 Å². The van der Waals surface area contributed by atoms with Gasteiger partial charge in [-0.05, 0) is 5.92 Å². The molecule has 0 aromatic carbocycles. The molecule has 0 bridgehead atoms. The van der Waals surface area contributed by atoms with Crippen LogP contribution in [0.4, 0.5) is 0 Å². The van der Waals surface area contributed by atoms with E-state index < -0.39 is 5.91 Å². The number of carbonyl (C=O) groups is 2. The fourth-order valence-electron chi connectivity index (χ4n) is 0.763. The van der Waals surface area contributed by atoms with E-state index in [1.54, 1.807) is 0 Å². The zero-order chi connectivity index (χ0) is 10.3. The molecule has 0 aliphatic rings. The van der Waals surface area contributed by atoms with Gasteiger partial charge in [-0.15, -0.1) is 0 Å². The Labute approximate surface area is 78.0 Å². The largest absolute Gasteiger partial charge is 0.347 e. The Balaban J connectivity index is 3.57. The van der Waals surface area contributed by atoms with E-state index in [-0.39, 0.29) is 12.5 Å². The number of amides is 2. The van der Waals surface area contributed by atoms with Gasteiger partial charge in [0.1, 0.15) is 0 Å². The van der Waals surface area contributed by atoms with Crippen molar-refractivity contribution in [3.8, 4) is 0 Å². The van der Waals surface area contributed by atoms with E-state index in [0.29, 0.717) is 12.3 Å². The maximum Gasteiger partial charge on any atom is 0.253 e. The molecule has 4 N–H and O–H groups in total. The van der Waals surface area contributed by atoms with Crippen LogP contribution in [0.1, 0.15) is 26.7 Å². The number of hydrogen-bond acceptors (Lipinski definition) is 3. The van der Waals surface area contributed by atoms with Crippen molar-refractivity contribution in [3.63, 3.8) is 0 Å². The number of rotatable bonds is 5. The third-order valence-corrected chi connectivity index (χ3v) is 1.84. The lowest BCUT2D eigenvalue weighted by molar-refractivity contribution is -0.126. The van der Waals surface area contributed by atoms with E-state index >= 15 is 0 Å². The summed E-state index contributed by atoms with van der Waals surface area (Å²) in [6, 6.07) is 0. The van der Waals surface area contributed by atoms with Gasteiger partial charge in [-0.1, -0.05) is 20.3 Å². The minimum Gasteiger partial charge on any atom is -0.347 e. The molecule has 1 unspecified atom stereocenters. The summed E-state index contributed by atoms with van der Waals surface area (Å²) in [6.45, 7) is 3.96. The van der Waals surface area contributed by atoms with E-state index in [9.17, 15) is 9.59 Å². The Morgan fingerprint density at radius 2 is 2.00 bits per heavy atom. The van der Waals surface area contributed by atoms with Crippen LogP contribution in [0.3, 0.4) is 0 Å². The second kappa shape index (κ2) is 6.42. The average Bonchev–Trinajstić information content (AvgIpc) is 2.13. The standard InChI is InChI=1S/C8H17N3O2/c1-3-6(2)4-7(12)10-5-8(13)11-9/h6H,3-5,9H2,1-2H3,(H,10,12)(H,11,13). The number of nitrogens with one attached hydrogen (secondary N) is 2. The van der Waals surface area contributed by atoms with E-state index in [1.807, 2.05) is 19.3 Å². The number of hydrazine groups is 1. The van der Waals surface area contributed by atoms with Gasteiger partial charge in [-0.2, -0.15) is 0 Å². The third-order valence-electron chi connectivity index (χ3n) is 1.84. The molecule has 1 atom stereocenters. The highest BCUT2D eigenvalue weighted by Crippen LogP contribution is 2.04. The lowest BCUT2D eigenvalue weighted by Gasteiger charge is -2.08. The van der Waals surface area contributed by atoms with Gasteiger partial charge in [0.15, 0.2) is 0 Å². The molecule has 5 heteroatoms. The molecule has 5 nitrogen and oxygen atoms in total. The highest BCUT2D eigenvalue weighted by molar-refractivity contribution is 5.84. The van der Waals surface area contributed by atoms with E-state index in [0.717, 1.165) is 6.42 Å². The Bertz CT molecular complexity index is 182. The molecule has 0 aromatic rings. The first-order valence-electron chi connectivity index (χ1n) is 4.36. The molecule has 0 saturated heterocycles. The van der Waals surface area contributed by atoms with Gasteiger partial charge in [-0.25, -0.2) is 5.84 Å². The maximum absolute atomic E-state index is 11.1. The van der Waals surface area contributed by atoms with Crippen molar-refractivity contribution in [3.05, 3.63) is 0 Å². The summed E-state index contributed by atoms with van der Waals surface area (Å²) in [5, 5.41) is 2.47. The van der Waals surface area contributed by atoms with Crippen molar-refractivity contribution in [2.24, 2.45) is 11.8 Å². The van der Waals surface area contributed by atoms with Crippen LogP contribution in [0.25, 0.3) is 0 Å². The Kier molecular flexibility index (Phi) is 5.88. The summed E-state index contributed by atoms with van der Waals surface area (Å²) in [5.74, 6) is 4.68. The van der Waals surface area contributed by atoms with Gasteiger partial charge in [0.25, 0.3) is 5.91 Å². The SMILES string of the molecule is CCC(C)CC(=O)NCC(=O)NN. The molecular formula is C8H17N3O2. The minimum atomic E-state index is -0.391. The Hall–Kier alpha value is -1.10. The van der Waals surface area contributed by atoms with E-state index in [1.165, 1.54) is 0 Å². The lowest BCUT2D eigenvalue weighted by Crippen LogP contribution is -2.40. The van der Waals surface area contributed by atoms with Gasteiger partial charge < -0.3 is 5.32 Å². The molecule has 76 valence electrons. The summed E-state index contributed by atoms with van der Waals surface area (Å²) >= 11 is 0. The summed E-state index contributed by atoms with van der Waals surface area (Å²) in [4.78, 5) is 21.7. The number of carbonyl (C=O) groups excluding carboxylic acids is 2. The molecule has 0 rings (SSSR count). The zero-order valence-electron chi connectivity index (χ0n) is 8.09. The molecule has 0 spiro atoms. The molecule has 0 radical (unpaired) electrons. The minimum absolute atomic E-state index is 0.0498. The Morgan fingerprint density at radius 3 is 2.46 bits per heavy atom. The average molecular weight is 187 g/mol.